The first-order valence-electron chi connectivity index (χ1n) is 9.77. The first-order valence-corrected chi connectivity index (χ1v) is 11.2. The number of hydrogen-bond acceptors (Lipinski definition) is 4. The van der Waals surface area contributed by atoms with Crippen LogP contribution in [0.25, 0.3) is 5.65 Å². The average Bonchev–Trinajstić information content (AvgIpc) is 3.22. The molecule has 0 atom stereocenters. The van der Waals surface area contributed by atoms with Gasteiger partial charge in [0.05, 0.1) is 10.5 Å². The van der Waals surface area contributed by atoms with E-state index in [0.29, 0.717) is 11.3 Å². The molecule has 1 aromatic carbocycles. The number of benzene rings is 1. The minimum Gasteiger partial charge on any atom is -0.322 e. The van der Waals surface area contributed by atoms with E-state index in [4.69, 9.17) is 0 Å². The van der Waals surface area contributed by atoms with Crippen molar-refractivity contribution in [2.24, 2.45) is 0 Å². The molecule has 0 saturated heterocycles. The van der Waals surface area contributed by atoms with Gasteiger partial charge in [0.15, 0.2) is 0 Å². The van der Waals surface area contributed by atoms with E-state index in [1.54, 1.807) is 66.4 Å². The highest BCUT2D eigenvalue weighted by Gasteiger charge is 2.28. The molecule has 0 radical (unpaired) electrons. The van der Waals surface area contributed by atoms with Gasteiger partial charge in [-0.1, -0.05) is 19.3 Å². The van der Waals surface area contributed by atoms with Crippen LogP contribution in [0.1, 0.15) is 42.5 Å². The molecular weight excluding hydrogens is 388 g/mol. The third kappa shape index (κ3) is 4.04. The summed E-state index contributed by atoms with van der Waals surface area (Å²) in [5.74, 6) is -0.268. The van der Waals surface area contributed by atoms with Crippen LogP contribution in [0.5, 0.6) is 0 Å². The summed E-state index contributed by atoms with van der Waals surface area (Å²) in [7, 11) is -1.88. The maximum atomic E-state index is 12.9. The fourth-order valence-electron chi connectivity index (χ4n) is 3.77. The molecule has 2 heterocycles. The van der Waals surface area contributed by atoms with Gasteiger partial charge in [-0.15, -0.1) is 0 Å². The predicted octanol–water partition coefficient (Wildman–Crippen LogP) is 3.54. The number of anilines is 1. The molecule has 8 heteroatoms. The van der Waals surface area contributed by atoms with Gasteiger partial charge in [-0.25, -0.2) is 13.4 Å². The van der Waals surface area contributed by atoms with E-state index >= 15 is 0 Å². The Bertz CT molecular complexity index is 1120. The van der Waals surface area contributed by atoms with E-state index in [0.717, 1.165) is 31.3 Å². The molecule has 1 aliphatic carbocycles. The second-order valence-electron chi connectivity index (χ2n) is 7.40. The van der Waals surface area contributed by atoms with Crippen LogP contribution in [0.15, 0.2) is 59.9 Å². The van der Waals surface area contributed by atoms with Crippen LogP contribution in [-0.2, 0) is 10.0 Å². The number of sulfonamides is 1. The maximum Gasteiger partial charge on any atom is 0.257 e. The Labute approximate surface area is 170 Å². The van der Waals surface area contributed by atoms with Gasteiger partial charge in [0.25, 0.3) is 5.91 Å². The molecule has 29 heavy (non-hydrogen) atoms. The van der Waals surface area contributed by atoms with Gasteiger partial charge in [-0.05, 0) is 49.2 Å². The van der Waals surface area contributed by atoms with Crippen LogP contribution >= 0.6 is 0 Å². The van der Waals surface area contributed by atoms with Gasteiger partial charge in [-0.3, -0.25) is 4.79 Å². The van der Waals surface area contributed by atoms with Crippen LogP contribution in [-0.4, -0.2) is 41.1 Å². The highest BCUT2D eigenvalue weighted by atomic mass is 32.2. The SMILES string of the molecule is CN(C1CCCCC1)S(=O)(=O)c1ccc(NC(=O)c2ccc3nccn3c2)cc1. The third-order valence-corrected chi connectivity index (χ3v) is 7.45. The Morgan fingerprint density at radius 3 is 2.55 bits per heavy atom. The molecule has 1 N–H and O–H groups in total. The van der Waals surface area contributed by atoms with Gasteiger partial charge in [0.1, 0.15) is 5.65 Å². The van der Waals surface area contributed by atoms with Gasteiger partial charge >= 0.3 is 0 Å². The average molecular weight is 413 g/mol. The molecule has 152 valence electrons. The van der Waals surface area contributed by atoms with Gasteiger partial charge in [0, 0.05) is 37.4 Å². The lowest BCUT2D eigenvalue weighted by Gasteiger charge is -2.30. The van der Waals surface area contributed by atoms with Gasteiger partial charge in [0.2, 0.25) is 10.0 Å². The van der Waals surface area contributed by atoms with Crippen molar-refractivity contribution in [3.63, 3.8) is 0 Å². The molecule has 3 aromatic rings. The van der Waals surface area contributed by atoms with Crippen LogP contribution in [0.2, 0.25) is 0 Å². The molecule has 1 amide bonds. The number of aromatic nitrogens is 2. The Morgan fingerprint density at radius 1 is 1.10 bits per heavy atom. The highest BCUT2D eigenvalue weighted by molar-refractivity contribution is 7.89. The summed E-state index contributed by atoms with van der Waals surface area (Å²) in [4.78, 5) is 16.9. The van der Waals surface area contributed by atoms with Crippen molar-refractivity contribution in [3.05, 3.63) is 60.6 Å². The molecule has 0 bridgehead atoms. The van der Waals surface area contributed by atoms with Crippen molar-refractivity contribution in [2.75, 3.05) is 12.4 Å². The van der Waals surface area contributed by atoms with Crippen LogP contribution in [0, 0.1) is 0 Å². The summed E-state index contributed by atoms with van der Waals surface area (Å²) in [6, 6.07) is 9.87. The molecule has 2 aromatic heterocycles. The highest BCUT2D eigenvalue weighted by Crippen LogP contribution is 2.27. The maximum absolute atomic E-state index is 12.9. The second kappa shape index (κ2) is 7.96. The molecule has 0 spiro atoms. The summed E-state index contributed by atoms with van der Waals surface area (Å²) in [6.45, 7) is 0. The number of nitrogens with one attached hydrogen (secondary N) is 1. The van der Waals surface area contributed by atoms with Crippen molar-refractivity contribution in [3.8, 4) is 0 Å². The fraction of sp³-hybridized carbons (Fsp3) is 0.333. The molecule has 1 saturated carbocycles. The van der Waals surface area contributed by atoms with Crippen LogP contribution in [0.4, 0.5) is 5.69 Å². The Kier molecular flexibility index (Phi) is 5.38. The summed E-state index contributed by atoms with van der Waals surface area (Å²) in [5, 5.41) is 2.81. The largest absolute Gasteiger partial charge is 0.322 e. The van der Waals surface area contributed by atoms with Crippen molar-refractivity contribution in [1.29, 1.82) is 0 Å². The number of imidazole rings is 1. The Morgan fingerprint density at radius 2 is 1.83 bits per heavy atom. The summed E-state index contributed by atoms with van der Waals surface area (Å²) < 4.78 is 29.1. The molecule has 7 nitrogen and oxygen atoms in total. The number of carbonyl (C=O) groups is 1. The molecule has 0 aliphatic heterocycles. The molecular formula is C21H24N4O3S. The van der Waals surface area contributed by atoms with Crippen molar-refractivity contribution in [1.82, 2.24) is 13.7 Å². The van der Waals surface area contributed by atoms with Crippen molar-refractivity contribution >= 4 is 27.3 Å². The Balaban J connectivity index is 1.47. The fourth-order valence-corrected chi connectivity index (χ4v) is 5.19. The summed E-state index contributed by atoms with van der Waals surface area (Å²) in [6.07, 6.45) is 10.3. The smallest absolute Gasteiger partial charge is 0.257 e. The predicted molar refractivity (Wildman–Crippen MR) is 111 cm³/mol. The van der Waals surface area contributed by atoms with E-state index in [-0.39, 0.29) is 16.8 Å². The van der Waals surface area contributed by atoms with Crippen LogP contribution in [0.3, 0.4) is 0 Å². The number of hydrogen-bond donors (Lipinski definition) is 1. The van der Waals surface area contributed by atoms with Crippen LogP contribution < -0.4 is 5.32 Å². The summed E-state index contributed by atoms with van der Waals surface area (Å²) in [5.41, 5.74) is 1.79. The van der Waals surface area contributed by atoms with E-state index in [9.17, 15) is 13.2 Å². The number of pyridine rings is 1. The van der Waals surface area contributed by atoms with E-state index < -0.39 is 10.0 Å². The first-order chi connectivity index (χ1) is 13.9. The minimum atomic E-state index is -3.54. The molecule has 1 fully saturated rings. The molecule has 1 aliphatic rings. The third-order valence-electron chi connectivity index (χ3n) is 5.53. The monoisotopic (exact) mass is 412 g/mol. The molecule has 4 rings (SSSR count). The Hall–Kier alpha value is -2.71. The minimum absolute atomic E-state index is 0.0613. The number of amides is 1. The lowest BCUT2D eigenvalue weighted by Crippen LogP contribution is -2.38. The first kappa shape index (κ1) is 19.6. The van der Waals surface area contributed by atoms with Crippen molar-refractivity contribution < 1.29 is 13.2 Å². The van der Waals surface area contributed by atoms with E-state index in [1.807, 2.05) is 0 Å². The lowest BCUT2D eigenvalue weighted by atomic mass is 9.96. The van der Waals surface area contributed by atoms with E-state index in [2.05, 4.69) is 10.3 Å². The van der Waals surface area contributed by atoms with Gasteiger partial charge in [-0.2, -0.15) is 4.31 Å². The second-order valence-corrected chi connectivity index (χ2v) is 9.40. The zero-order valence-electron chi connectivity index (χ0n) is 16.3. The van der Waals surface area contributed by atoms with Gasteiger partial charge < -0.3 is 9.72 Å². The lowest BCUT2D eigenvalue weighted by molar-refractivity contribution is 0.102. The number of rotatable bonds is 5. The normalized spacial score (nSPS) is 15.7. The zero-order chi connectivity index (χ0) is 20.4. The number of carbonyl (C=O) groups excluding carboxylic acids is 1. The number of fused-ring (bicyclic) bond motifs is 1. The topological polar surface area (TPSA) is 83.8 Å². The van der Waals surface area contributed by atoms with Crippen molar-refractivity contribution in [2.45, 2.75) is 43.0 Å². The van der Waals surface area contributed by atoms with E-state index in [1.165, 1.54) is 10.7 Å². The standard InChI is InChI=1S/C21H24N4O3S/c1-24(18-5-3-2-4-6-18)29(27,28)19-10-8-17(9-11-19)23-21(26)16-7-12-20-22-13-14-25(20)15-16/h7-15,18H,2-6H2,1H3,(H,23,26). The number of nitrogens with zero attached hydrogens (tertiary/aromatic N) is 3. The molecule has 0 unspecified atom stereocenters. The quantitative estimate of drug-likeness (QED) is 0.695. The summed E-state index contributed by atoms with van der Waals surface area (Å²) >= 11 is 0. The zero-order valence-corrected chi connectivity index (χ0v) is 17.1.